The fourth-order valence-corrected chi connectivity index (χ4v) is 2.75. The summed E-state index contributed by atoms with van der Waals surface area (Å²) in [6.07, 6.45) is 1.23. The maximum atomic E-state index is 12.0. The molecule has 0 saturated carbocycles. The number of amides is 2. The second kappa shape index (κ2) is 10.9. The van der Waals surface area contributed by atoms with Crippen molar-refractivity contribution in [3.8, 4) is 0 Å². The van der Waals surface area contributed by atoms with Crippen molar-refractivity contribution < 1.29 is 19.1 Å². The van der Waals surface area contributed by atoms with Gasteiger partial charge in [-0.1, -0.05) is 26.0 Å². The number of halogens is 1. The van der Waals surface area contributed by atoms with E-state index in [1.54, 1.807) is 18.2 Å². The first kappa shape index (κ1) is 21.2. The highest BCUT2D eigenvalue weighted by Gasteiger charge is 2.22. The number of ether oxygens (including phenoxy) is 1. The first-order chi connectivity index (χ1) is 11.8. The number of rotatable bonds is 9. The molecule has 0 saturated heterocycles. The second-order valence-corrected chi connectivity index (χ2v) is 6.97. The van der Waals surface area contributed by atoms with Gasteiger partial charge in [-0.2, -0.15) is 0 Å². The number of nitrogens with one attached hydrogen (secondary N) is 2. The van der Waals surface area contributed by atoms with Crippen molar-refractivity contribution >= 4 is 33.7 Å². The molecular weight excluding hydrogens is 388 g/mol. The third kappa shape index (κ3) is 7.69. The first-order valence-electron chi connectivity index (χ1n) is 8.25. The van der Waals surface area contributed by atoms with Crippen molar-refractivity contribution in [2.45, 2.75) is 39.2 Å². The standard InChI is InChI=1S/C18H25BrN2O4/c1-12(2)11-15(18(24)25-3)21-16(22)9-6-10-20-17(23)13-7-4-5-8-14(13)19/h4-5,7-8,12,15H,6,9-11H2,1-3H3,(H,20,23)(H,21,22)/t15-/m1/s1. The van der Waals surface area contributed by atoms with E-state index in [1.807, 2.05) is 19.9 Å². The van der Waals surface area contributed by atoms with Gasteiger partial charge in [-0.15, -0.1) is 0 Å². The predicted octanol–water partition coefficient (Wildman–Crippen LogP) is 2.66. The Morgan fingerprint density at radius 1 is 1.20 bits per heavy atom. The zero-order valence-electron chi connectivity index (χ0n) is 14.8. The van der Waals surface area contributed by atoms with E-state index in [9.17, 15) is 14.4 Å². The minimum atomic E-state index is -0.632. The van der Waals surface area contributed by atoms with E-state index in [1.165, 1.54) is 7.11 Å². The van der Waals surface area contributed by atoms with Gasteiger partial charge in [-0.3, -0.25) is 9.59 Å². The summed E-state index contributed by atoms with van der Waals surface area (Å²) in [5, 5.41) is 5.47. The number of carbonyl (C=O) groups excluding carboxylic acids is 3. The van der Waals surface area contributed by atoms with Crippen LogP contribution in [0.2, 0.25) is 0 Å². The monoisotopic (exact) mass is 412 g/mol. The van der Waals surface area contributed by atoms with Crippen LogP contribution in [0, 0.1) is 5.92 Å². The third-order valence-corrected chi connectivity index (χ3v) is 4.20. The van der Waals surface area contributed by atoms with Gasteiger partial charge < -0.3 is 15.4 Å². The highest BCUT2D eigenvalue weighted by molar-refractivity contribution is 9.10. The van der Waals surface area contributed by atoms with Crippen LogP contribution in [0.25, 0.3) is 0 Å². The zero-order chi connectivity index (χ0) is 18.8. The van der Waals surface area contributed by atoms with Gasteiger partial charge in [-0.05, 0) is 46.8 Å². The number of hydrogen-bond donors (Lipinski definition) is 2. The van der Waals surface area contributed by atoms with Crippen molar-refractivity contribution in [2.24, 2.45) is 5.92 Å². The summed E-state index contributed by atoms with van der Waals surface area (Å²) < 4.78 is 5.44. The molecule has 138 valence electrons. The summed E-state index contributed by atoms with van der Waals surface area (Å²) in [5.74, 6) is -0.608. The van der Waals surface area contributed by atoms with Crippen LogP contribution in [0.3, 0.4) is 0 Å². The van der Waals surface area contributed by atoms with Crippen LogP contribution in [0.15, 0.2) is 28.7 Å². The van der Waals surface area contributed by atoms with Gasteiger partial charge in [0.15, 0.2) is 0 Å². The maximum absolute atomic E-state index is 12.0. The van der Waals surface area contributed by atoms with E-state index < -0.39 is 12.0 Å². The molecule has 1 aromatic rings. The van der Waals surface area contributed by atoms with Crippen LogP contribution in [-0.2, 0) is 14.3 Å². The number of esters is 1. The van der Waals surface area contributed by atoms with E-state index in [0.717, 1.165) is 4.47 Å². The van der Waals surface area contributed by atoms with E-state index in [0.29, 0.717) is 24.9 Å². The number of hydrogen-bond acceptors (Lipinski definition) is 4. The Hall–Kier alpha value is -1.89. The van der Waals surface area contributed by atoms with Gasteiger partial charge in [0.05, 0.1) is 12.7 Å². The Labute approximate surface area is 156 Å². The largest absolute Gasteiger partial charge is 0.467 e. The topological polar surface area (TPSA) is 84.5 Å². The van der Waals surface area contributed by atoms with Crippen LogP contribution < -0.4 is 10.6 Å². The van der Waals surface area contributed by atoms with Crippen molar-refractivity contribution in [1.82, 2.24) is 10.6 Å². The summed E-state index contributed by atoms with van der Waals surface area (Å²) in [6.45, 7) is 4.32. The maximum Gasteiger partial charge on any atom is 0.328 e. The quantitative estimate of drug-likeness (QED) is 0.482. The van der Waals surface area contributed by atoms with Gasteiger partial charge in [-0.25, -0.2) is 4.79 Å². The van der Waals surface area contributed by atoms with Crippen molar-refractivity contribution in [2.75, 3.05) is 13.7 Å². The normalized spacial score (nSPS) is 11.7. The third-order valence-electron chi connectivity index (χ3n) is 3.51. The highest BCUT2D eigenvalue weighted by Crippen LogP contribution is 2.15. The smallest absolute Gasteiger partial charge is 0.328 e. The molecule has 0 aliphatic carbocycles. The van der Waals surface area contributed by atoms with E-state index in [-0.39, 0.29) is 24.2 Å². The molecule has 0 bridgehead atoms. The van der Waals surface area contributed by atoms with Crippen molar-refractivity contribution in [3.05, 3.63) is 34.3 Å². The van der Waals surface area contributed by atoms with Crippen LogP contribution >= 0.6 is 15.9 Å². The summed E-state index contributed by atoms with van der Waals surface area (Å²) in [7, 11) is 1.30. The van der Waals surface area contributed by atoms with Gasteiger partial charge in [0.25, 0.3) is 5.91 Å². The summed E-state index contributed by atoms with van der Waals surface area (Å²) in [5.41, 5.74) is 0.551. The first-order valence-corrected chi connectivity index (χ1v) is 9.04. The molecule has 0 fully saturated rings. The van der Waals surface area contributed by atoms with Crippen LogP contribution in [0.1, 0.15) is 43.5 Å². The molecule has 2 N–H and O–H groups in total. The average Bonchev–Trinajstić information content (AvgIpc) is 2.57. The summed E-state index contributed by atoms with van der Waals surface area (Å²) >= 11 is 3.33. The molecular formula is C18H25BrN2O4. The lowest BCUT2D eigenvalue weighted by atomic mass is 10.0. The molecule has 7 heteroatoms. The predicted molar refractivity (Wildman–Crippen MR) is 99.1 cm³/mol. The molecule has 0 aliphatic heterocycles. The Bertz CT molecular complexity index is 604. The number of methoxy groups -OCH3 is 1. The molecule has 0 radical (unpaired) electrons. The van der Waals surface area contributed by atoms with Crippen molar-refractivity contribution in [1.29, 1.82) is 0 Å². The average molecular weight is 413 g/mol. The minimum Gasteiger partial charge on any atom is -0.467 e. The van der Waals surface area contributed by atoms with Crippen molar-refractivity contribution in [3.63, 3.8) is 0 Å². The lowest BCUT2D eigenvalue weighted by Crippen LogP contribution is -2.42. The lowest BCUT2D eigenvalue weighted by molar-refractivity contribution is -0.145. The number of benzene rings is 1. The molecule has 2 amide bonds. The van der Waals surface area contributed by atoms with Gasteiger partial charge in [0.1, 0.15) is 6.04 Å². The Balaban J connectivity index is 2.37. The van der Waals surface area contributed by atoms with Crippen LogP contribution in [0.5, 0.6) is 0 Å². The Kier molecular flexibility index (Phi) is 9.20. The molecule has 6 nitrogen and oxygen atoms in total. The molecule has 0 heterocycles. The van der Waals surface area contributed by atoms with Gasteiger partial charge >= 0.3 is 5.97 Å². The van der Waals surface area contributed by atoms with Gasteiger partial charge in [0, 0.05) is 17.4 Å². The minimum absolute atomic E-state index is 0.194. The molecule has 0 unspecified atom stereocenters. The molecule has 1 aromatic carbocycles. The molecule has 1 atom stereocenters. The number of carbonyl (C=O) groups is 3. The summed E-state index contributed by atoms with van der Waals surface area (Å²) in [6, 6.07) is 6.50. The lowest BCUT2D eigenvalue weighted by Gasteiger charge is -2.18. The van der Waals surface area contributed by atoms with Gasteiger partial charge in [0.2, 0.25) is 5.91 Å². The molecule has 1 rings (SSSR count). The van der Waals surface area contributed by atoms with E-state index >= 15 is 0 Å². The molecule has 0 aliphatic rings. The van der Waals surface area contributed by atoms with E-state index in [4.69, 9.17) is 4.74 Å². The van der Waals surface area contributed by atoms with Crippen LogP contribution in [0.4, 0.5) is 0 Å². The molecule has 0 spiro atoms. The van der Waals surface area contributed by atoms with Crippen LogP contribution in [-0.4, -0.2) is 37.5 Å². The Morgan fingerprint density at radius 3 is 2.48 bits per heavy atom. The summed E-state index contributed by atoms with van der Waals surface area (Å²) in [4.78, 5) is 35.7. The fraction of sp³-hybridized carbons (Fsp3) is 0.500. The zero-order valence-corrected chi connectivity index (χ0v) is 16.4. The highest BCUT2D eigenvalue weighted by atomic mass is 79.9. The second-order valence-electron chi connectivity index (χ2n) is 6.11. The van der Waals surface area contributed by atoms with E-state index in [2.05, 4.69) is 26.6 Å². The SMILES string of the molecule is COC(=O)[C@@H](CC(C)C)NC(=O)CCCNC(=O)c1ccccc1Br. The fourth-order valence-electron chi connectivity index (χ4n) is 2.29. The molecule has 25 heavy (non-hydrogen) atoms. The molecule has 0 aromatic heterocycles. The Morgan fingerprint density at radius 2 is 1.88 bits per heavy atom.